The molecule has 0 unspecified atom stereocenters. The Kier molecular flexibility index (Phi) is 5.55. The van der Waals surface area contributed by atoms with Gasteiger partial charge in [0.05, 0.1) is 18.8 Å². The maximum absolute atomic E-state index is 6.15. The number of thiocarbonyl (C=S) groups is 1. The highest BCUT2D eigenvalue weighted by Crippen LogP contribution is 2.42. The molecule has 4 aromatic rings. The van der Waals surface area contributed by atoms with Gasteiger partial charge in [0.1, 0.15) is 11.8 Å². The van der Waals surface area contributed by atoms with E-state index in [1.165, 1.54) is 0 Å². The van der Waals surface area contributed by atoms with E-state index in [1.54, 1.807) is 7.11 Å². The van der Waals surface area contributed by atoms with E-state index in [0.717, 1.165) is 28.5 Å². The standard InChI is InChI=1S/C25H21ClN4OS/c1-31-20-13-11-18(12-14-20)29-16-4-6-22(29)24-23(21-5-2-3-15-27-21)28-25(32)30(24)19-9-7-17(26)8-10-19/h2-16,23-24H,1H3,(H,28,32)/t23-,24+/m1/s1. The molecule has 2 atom stereocenters. The van der Waals surface area contributed by atoms with Crippen LogP contribution in [-0.2, 0) is 0 Å². The summed E-state index contributed by atoms with van der Waals surface area (Å²) < 4.78 is 7.51. The van der Waals surface area contributed by atoms with Crippen molar-refractivity contribution < 1.29 is 4.74 Å². The van der Waals surface area contributed by atoms with Gasteiger partial charge in [-0.15, -0.1) is 0 Å². The van der Waals surface area contributed by atoms with Crippen molar-refractivity contribution in [1.29, 1.82) is 0 Å². The van der Waals surface area contributed by atoms with Crippen LogP contribution in [0.15, 0.2) is 91.3 Å². The van der Waals surface area contributed by atoms with Crippen LogP contribution >= 0.6 is 23.8 Å². The summed E-state index contributed by atoms with van der Waals surface area (Å²) >= 11 is 12.0. The molecule has 0 radical (unpaired) electrons. The summed E-state index contributed by atoms with van der Waals surface area (Å²) in [6.45, 7) is 0. The minimum atomic E-state index is -0.119. The molecule has 1 saturated heterocycles. The molecule has 0 amide bonds. The van der Waals surface area contributed by atoms with E-state index >= 15 is 0 Å². The topological polar surface area (TPSA) is 42.3 Å². The molecule has 1 aliphatic rings. The number of halogens is 1. The van der Waals surface area contributed by atoms with Gasteiger partial charge in [0.15, 0.2) is 5.11 Å². The van der Waals surface area contributed by atoms with Gasteiger partial charge in [-0.2, -0.15) is 0 Å². The maximum Gasteiger partial charge on any atom is 0.174 e. The summed E-state index contributed by atoms with van der Waals surface area (Å²) in [6.07, 6.45) is 3.87. The molecule has 2 aromatic carbocycles. The molecule has 32 heavy (non-hydrogen) atoms. The first-order chi connectivity index (χ1) is 15.7. The number of aromatic nitrogens is 2. The van der Waals surface area contributed by atoms with Crippen LogP contribution < -0.4 is 15.0 Å². The molecule has 0 aliphatic carbocycles. The zero-order valence-electron chi connectivity index (χ0n) is 17.4. The Bertz CT molecular complexity index is 1230. The molecule has 5 rings (SSSR count). The molecule has 160 valence electrons. The Balaban J connectivity index is 1.64. The predicted molar refractivity (Wildman–Crippen MR) is 132 cm³/mol. The number of ether oxygens (including phenoxy) is 1. The first-order valence-electron chi connectivity index (χ1n) is 10.2. The third kappa shape index (κ3) is 3.72. The van der Waals surface area contributed by atoms with E-state index in [0.29, 0.717) is 10.1 Å². The van der Waals surface area contributed by atoms with Gasteiger partial charge in [-0.1, -0.05) is 17.7 Å². The molecule has 5 nitrogen and oxygen atoms in total. The first-order valence-corrected chi connectivity index (χ1v) is 11.0. The summed E-state index contributed by atoms with van der Waals surface area (Å²) in [5, 5.41) is 4.83. The Morgan fingerprint density at radius 1 is 0.938 bits per heavy atom. The summed E-state index contributed by atoms with van der Waals surface area (Å²) in [6, 6.07) is 25.7. The lowest BCUT2D eigenvalue weighted by Gasteiger charge is -2.29. The van der Waals surface area contributed by atoms with E-state index in [-0.39, 0.29) is 12.1 Å². The number of benzene rings is 2. The summed E-state index contributed by atoms with van der Waals surface area (Å²) in [4.78, 5) is 6.77. The van der Waals surface area contributed by atoms with Crippen molar-refractivity contribution in [3.63, 3.8) is 0 Å². The minimum Gasteiger partial charge on any atom is -0.497 e. The number of hydrogen-bond acceptors (Lipinski definition) is 3. The lowest BCUT2D eigenvalue weighted by atomic mass is 10.0. The van der Waals surface area contributed by atoms with Gasteiger partial charge in [0, 0.05) is 34.5 Å². The van der Waals surface area contributed by atoms with Crippen molar-refractivity contribution in [1.82, 2.24) is 14.9 Å². The van der Waals surface area contributed by atoms with Crippen LogP contribution in [0.5, 0.6) is 5.75 Å². The second-order valence-corrected chi connectivity index (χ2v) is 8.30. The van der Waals surface area contributed by atoms with E-state index in [1.807, 2.05) is 72.9 Å². The Morgan fingerprint density at radius 3 is 2.38 bits per heavy atom. The lowest BCUT2D eigenvalue weighted by Crippen LogP contribution is -2.30. The molecular formula is C25H21ClN4OS. The number of pyridine rings is 1. The van der Waals surface area contributed by atoms with Gasteiger partial charge in [0.2, 0.25) is 0 Å². The van der Waals surface area contributed by atoms with Crippen molar-refractivity contribution in [3.05, 3.63) is 108 Å². The Hall–Kier alpha value is -3.35. The zero-order valence-corrected chi connectivity index (χ0v) is 18.9. The van der Waals surface area contributed by atoms with E-state index < -0.39 is 0 Å². The smallest absolute Gasteiger partial charge is 0.174 e. The molecule has 7 heteroatoms. The summed E-state index contributed by atoms with van der Waals surface area (Å²) in [5.74, 6) is 0.820. The number of nitrogens with one attached hydrogen (secondary N) is 1. The third-order valence-corrected chi connectivity index (χ3v) is 6.20. The van der Waals surface area contributed by atoms with Crippen molar-refractivity contribution >= 4 is 34.6 Å². The number of nitrogens with zero attached hydrogens (tertiary/aromatic N) is 3. The molecule has 3 heterocycles. The Morgan fingerprint density at radius 2 is 1.69 bits per heavy atom. The van der Waals surface area contributed by atoms with Gasteiger partial charge < -0.3 is 19.5 Å². The van der Waals surface area contributed by atoms with Crippen LogP contribution in [0.4, 0.5) is 5.69 Å². The van der Waals surface area contributed by atoms with Crippen LogP contribution in [0.2, 0.25) is 5.02 Å². The first kappa shape index (κ1) is 20.5. The number of hydrogen-bond donors (Lipinski definition) is 1. The molecule has 1 aliphatic heterocycles. The minimum absolute atomic E-state index is 0.115. The average Bonchev–Trinajstić information content (AvgIpc) is 3.44. The van der Waals surface area contributed by atoms with Crippen molar-refractivity contribution in [3.8, 4) is 11.4 Å². The molecule has 0 bridgehead atoms. The molecule has 0 saturated carbocycles. The Labute approximate surface area is 197 Å². The predicted octanol–water partition coefficient (Wildman–Crippen LogP) is 5.71. The van der Waals surface area contributed by atoms with Crippen LogP contribution in [-0.4, -0.2) is 21.8 Å². The zero-order chi connectivity index (χ0) is 22.1. The fourth-order valence-corrected chi connectivity index (χ4v) is 4.62. The van der Waals surface area contributed by atoms with Gasteiger partial charge in [0.25, 0.3) is 0 Å². The van der Waals surface area contributed by atoms with E-state index in [2.05, 4.69) is 38.1 Å². The molecular weight excluding hydrogens is 440 g/mol. The summed E-state index contributed by atoms with van der Waals surface area (Å²) in [7, 11) is 1.67. The van der Waals surface area contributed by atoms with Gasteiger partial charge in [-0.25, -0.2) is 0 Å². The second kappa shape index (κ2) is 8.65. The number of rotatable bonds is 5. The number of anilines is 1. The average molecular weight is 461 g/mol. The highest BCUT2D eigenvalue weighted by Gasteiger charge is 2.42. The molecule has 1 N–H and O–H groups in total. The fraction of sp³-hybridized carbons (Fsp3) is 0.120. The molecule has 1 fully saturated rings. The largest absolute Gasteiger partial charge is 0.497 e. The van der Waals surface area contributed by atoms with E-state index in [9.17, 15) is 0 Å². The SMILES string of the molecule is COc1ccc(-n2cccc2[C@H]2[C@@H](c3ccccn3)NC(=S)N2c2ccc(Cl)cc2)cc1. The van der Waals surface area contributed by atoms with Crippen molar-refractivity contribution in [2.24, 2.45) is 0 Å². The van der Waals surface area contributed by atoms with Gasteiger partial charge in [-0.05, 0) is 85.0 Å². The van der Waals surface area contributed by atoms with Gasteiger partial charge in [-0.3, -0.25) is 4.98 Å². The van der Waals surface area contributed by atoms with Crippen molar-refractivity contribution in [2.75, 3.05) is 12.0 Å². The fourth-order valence-electron chi connectivity index (χ4n) is 4.15. The molecule has 2 aromatic heterocycles. The van der Waals surface area contributed by atoms with Crippen molar-refractivity contribution in [2.45, 2.75) is 12.1 Å². The van der Waals surface area contributed by atoms with Gasteiger partial charge >= 0.3 is 0 Å². The highest BCUT2D eigenvalue weighted by molar-refractivity contribution is 7.80. The van der Waals surface area contributed by atoms with Crippen LogP contribution in [0.1, 0.15) is 23.5 Å². The van der Waals surface area contributed by atoms with Crippen LogP contribution in [0.3, 0.4) is 0 Å². The summed E-state index contributed by atoms with van der Waals surface area (Å²) in [5.41, 5.74) is 4.03. The lowest BCUT2D eigenvalue weighted by molar-refractivity contribution is 0.414. The van der Waals surface area contributed by atoms with Crippen LogP contribution in [0.25, 0.3) is 5.69 Å². The van der Waals surface area contributed by atoms with E-state index in [4.69, 9.17) is 28.6 Å². The highest BCUT2D eigenvalue weighted by atomic mass is 35.5. The number of methoxy groups -OCH3 is 1. The normalized spacial score (nSPS) is 17.9. The van der Waals surface area contributed by atoms with Crippen LogP contribution in [0, 0.1) is 0 Å². The molecule has 0 spiro atoms. The third-order valence-electron chi connectivity index (χ3n) is 5.64. The second-order valence-electron chi connectivity index (χ2n) is 7.47. The maximum atomic E-state index is 6.15. The monoisotopic (exact) mass is 460 g/mol. The quantitative estimate of drug-likeness (QED) is 0.386.